The number of nitrogens with one attached hydrogen (secondary N) is 4. The van der Waals surface area contributed by atoms with Gasteiger partial charge < -0.3 is 21.3 Å². The Balaban J connectivity index is 0.000000161. The number of hydrogen-bond donors (Lipinski definition) is 4. The summed E-state index contributed by atoms with van der Waals surface area (Å²) in [5.41, 5.74) is 4.10. The van der Waals surface area contributed by atoms with Crippen LogP contribution in [0.4, 0.5) is 46.0 Å². The van der Waals surface area contributed by atoms with Gasteiger partial charge in [-0.1, -0.05) is 84.9 Å². The van der Waals surface area contributed by atoms with E-state index in [0.29, 0.717) is 0 Å². The minimum absolute atomic E-state index is 0.817. The summed E-state index contributed by atoms with van der Waals surface area (Å²) in [5, 5.41) is 13.1. The van der Waals surface area contributed by atoms with Crippen LogP contribution in [0.2, 0.25) is 0 Å². The van der Waals surface area contributed by atoms with Crippen molar-refractivity contribution >= 4 is 46.0 Å². The highest BCUT2D eigenvalue weighted by atomic mass is 15.1. The minimum Gasteiger partial charge on any atom is -0.340 e. The predicted molar refractivity (Wildman–Crippen MR) is 167 cm³/mol. The van der Waals surface area contributed by atoms with Crippen molar-refractivity contribution in [2.75, 3.05) is 21.3 Å². The monoisotopic (exact) mass is 522 g/mol. The zero-order valence-electron chi connectivity index (χ0n) is 21.9. The standard InChI is InChI=1S/2C17H15N3/c2*1-3-8-14(9-4-1)18-16-12-7-13-17(20-16)19-15-10-5-2-6-11-15/h2*1-13H,(H2,18,19,20). The third-order valence-corrected chi connectivity index (χ3v) is 5.68. The number of rotatable bonds is 8. The minimum atomic E-state index is 0.817. The molecule has 2 aromatic heterocycles. The molecule has 6 heteroatoms. The summed E-state index contributed by atoms with van der Waals surface area (Å²) in [5.74, 6) is 3.27. The number of hydrogen-bond acceptors (Lipinski definition) is 6. The van der Waals surface area contributed by atoms with Crippen LogP contribution >= 0.6 is 0 Å². The molecule has 0 aliphatic heterocycles. The number of nitrogens with zero attached hydrogens (tertiary/aromatic N) is 2. The molecule has 0 aliphatic rings. The van der Waals surface area contributed by atoms with Gasteiger partial charge in [-0.05, 0) is 72.8 Å². The lowest BCUT2D eigenvalue weighted by molar-refractivity contribution is 1.29. The van der Waals surface area contributed by atoms with Gasteiger partial charge in [0.1, 0.15) is 23.3 Å². The summed E-state index contributed by atoms with van der Waals surface area (Å²) in [6.07, 6.45) is 0. The van der Waals surface area contributed by atoms with Crippen LogP contribution in [0, 0.1) is 0 Å². The van der Waals surface area contributed by atoms with Crippen molar-refractivity contribution < 1.29 is 0 Å². The van der Waals surface area contributed by atoms with Crippen molar-refractivity contribution in [1.29, 1.82) is 0 Å². The maximum Gasteiger partial charge on any atom is 0.132 e. The van der Waals surface area contributed by atoms with E-state index in [2.05, 4.69) is 31.2 Å². The zero-order chi connectivity index (χ0) is 27.2. The van der Waals surface area contributed by atoms with Crippen molar-refractivity contribution in [1.82, 2.24) is 9.97 Å². The van der Waals surface area contributed by atoms with Crippen LogP contribution in [0.5, 0.6) is 0 Å². The third-order valence-electron chi connectivity index (χ3n) is 5.68. The van der Waals surface area contributed by atoms with Crippen LogP contribution in [-0.4, -0.2) is 9.97 Å². The van der Waals surface area contributed by atoms with E-state index in [1.54, 1.807) is 0 Å². The van der Waals surface area contributed by atoms with E-state index in [1.165, 1.54) is 0 Å². The molecule has 0 aliphatic carbocycles. The highest BCUT2D eigenvalue weighted by molar-refractivity contribution is 5.62. The van der Waals surface area contributed by atoms with Gasteiger partial charge in [-0.2, -0.15) is 0 Å². The molecule has 0 unspecified atom stereocenters. The van der Waals surface area contributed by atoms with Gasteiger partial charge in [-0.3, -0.25) is 0 Å². The molecule has 0 atom stereocenters. The van der Waals surface area contributed by atoms with Crippen LogP contribution in [0.25, 0.3) is 0 Å². The molecule has 0 saturated carbocycles. The van der Waals surface area contributed by atoms with Gasteiger partial charge in [0.15, 0.2) is 0 Å². The number of anilines is 8. The fourth-order valence-electron chi connectivity index (χ4n) is 3.83. The molecular weight excluding hydrogens is 492 g/mol. The highest BCUT2D eigenvalue weighted by Crippen LogP contribution is 2.20. The smallest absolute Gasteiger partial charge is 0.132 e. The van der Waals surface area contributed by atoms with E-state index < -0.39 is 0 Å². The van der Waals surface area contributed by atoms with E-state index in [1.807, 2.05) is 158 Å². The summed E-state index contributed by atoms with van der Waals surface area (Å²) < 4.78 is 0. The molecule has 6 rings (SSSR count). The van der Waals surface area contributed by atoms with Gasteiger partial charge in [-0.25, -0.2) is 9.97 Å². The fourth-order valence-corrected chi connectivity index (χ4v) is 3.83. The molecule has 2 heterocycles. The fraction of sp³-hybridized carbons (Fsp3) is 0. The summed E-state index contributed by atoms with van der Waals surface area (Å²) in [6, 6.07) is 51.8. The third kappa shape index (κ3) is 8.19. The average Bonchev–Trinajstić information content (AvgIpc) is 3.00. The Morgan fingerprint density at radius 2 is 0.475 bits per heavy atom. The number of pyridine rings is 2. The Hall–Kier alpha value is -5.62. The molecule has 6 aromatic rings. The molecule has 196 valence electrons. The number of benzene rings is 4. The molecule has 0 radical (unpaired) electrons. The van der Waals surface area contributed by atoms with Gasteiger partial charge >= 0.3 is 0 Å². The SMILES string of the molecule is c1ccc(Nc2cccc(Nc3ccccc3)n2)cc1.c1ccc(Nc2cccc(Nc3ccccc3)n2)cc1. The normalized spacial score (nSPS) is 10.0. The summed E-state index contributed by atoms with van der Waals surface area (Å²) >= 11 is 0. The second kappa shape index (κ2) is 13.8. The van der Waals surface area contributed by atoms with Crippen molar-refractivity contribution in [2.24, 2.45) is 0 Å². The molecule has 0 spiro atoms. The lowest BCUT2D eigenvalue weighted by Crippen LogP contribution is -1.97. The lowest BCUT2D eigenvalue weighted by Gasteiger charge is -2.09. The molecule has 0 amide bonds. The summed E-state index contributed by atoms with van der Waals surface area (Å²) in [7, 11) is 0. The quantitative estimate of drug-likeness (QED) is 0.160. The second-order valence-corrected chi connectivity index (χ2v) is 8.78. The summed E-state index contributed by atoms with van der Waals surface area (Å²) in [4.78, 5) is 9.08. The van der Waals surface area contributed by atoms with E-state index >= 15 is 0 Å². The Morgan fingerprint density at radius 1 is 0.250 bits per heavy atom. The topological polar surface area (TPSA) is 73.9 Å². The van der Waals surface area contributed by atoms with Crippen LogP contribution in [-0.2, 0) is 0 Å². The molecular formula is C34H30N6. The van der Waals surface area contributed by atoms with E-state index in [4.69, 9.17) is 0 Å². The van der Waals surface area contributed by atoms with E-state index in [0.717, 1.165) is 46.0 Å². The first-order valence-corrected chi connectivity index (χ1v) is 13.0. The Morgan fingerprint density at radius 3 is 0.700 bits per heavy atom. The van der Waals surface area contributed by atoms with Crippen molar-refractivity contribution in [3.8, 4) is 0 Å². The lowest BCUT2D eigenvalue weighted by atomic mass is 10.3. The average molecular weight is 523 g/mol. The molecule has 4 aromatic carbocycles. The summed E-state index contributed by atoms with van der Waals surface area (Å²) in [6.45, 7) is 0. The maximum atomic E-state index is 4.54. The van der Waals surface area contributed by atoms with Crippen molar-refractivity contribution in [2.45, 2.75) is 0 Å². The largest absolute Gasteiger partial charge is 0.340 e. The first-order valence-electron chi connectivity index (χ1n) is 13.0. The Labute approximate surface area is 234 Å². The molecule has 0 fully saturated rings. The van der Waals surface area contributed by atoms with Gasteiger partial charge in [0.2, 0.25) is 0 Å². The Bertz CT molecular complexity index is 1340. The molecule has 6 nitrogen and oxygen atoms in total. The second-order valence-electron chi connectivity index (χ2n) is 8.78. The molecule has 0 bridgehead atoms. The van der Waals surface area contributed by atoms with Crippen LogP contribution < -0.4 is 21.3 Å². The molecule has 0 saturated heterocycles. The van der Waals surface area contributed by atoms with E-state index in [9.17, 15) is 0 Å². The first kappa shape index (κ1) is 26.0. The predicted octanol–water partition coefficient (Wildman–Crippen LogP) is 9.14. The van der Waals surface area contributed by atoms with Crippen LogP contribution in [0.3, 0.4) is 0 Å². The van der Waals surface area contributed by atoms with Gasteiger partial charge in [0, 0.05) is 22.7 Å². The van der Waals surface area contributed by atoms with E-state index in [-0.39, 0.29) is 0 Å². The van der Waals surface area contributed by atoms with Gasteiger partial charge in [0.25, 0.3) is 0 Å². The molecule has 40 heavy (non-hydrogen) atoms. The van der Waals surface area contributed by atoms with Gasteiger partial charge in [0.05, 0.1) is 0 Å². The van der Waals surface area contributed by atoms with Crippen molar-refractivity contribution in [3.63, 3.8) is 0 Å². The zero-order valence-corrected chi connectivity index (χ0v) is 21.9. The van der Waals surface area contributed by atoms with Gasteiger partial charge in [-0.15, -0.1) is 0 Å². The van der Waals surface area contributed by atoms with Crippen molar-refractivity contribution in [3.05, 3.63) is 158 Å². The highest BCUT2D eigenvalue weighted by Gasteiger charge is 2.00. The van der Waals surface area contributed by atoms with Crippen LogP contribution in [0.15, 0.2) is 158 Å². The Kier molecular flexibility index (Phi) is 8.96. The number of para-hydroxylation sites is 4. The maximum absolute atomic E-state index is 4.54. The number of aromatic nitrogens is 2. The molecule has 4 N–H and O–H groups in total. The first-order chi connectivity index (χ1) is 19.8. The van der Waals surface area contributed by atoms with Crippen LogP contribution in [0.1, 0.15) is 0 Å².